The Morgan fingerprint density at radius 2 is 2.20 bits per heavy atom. The number of aryl methyl sites for hydroxylation is 1. The molecule has 0 unspecified atom stereocenters. The third-order valence-electron chi connectivity index (χ3n) is 2.05. The monoisotopic (exact) mass is 270 g/mol. The molecule has 1 aromatic rings. The first-order valence-electron chi connectivity index (χ1n) is 4.83. The Morgan fingerprint density at radius 3 is 2.80 bits per heavy atom. The fourth-order valence-corrected chi connectivity index (χ4v) is 1.97. The number of aliphatic hydroxyl groups excluding tert-OH is 1. The van der Waals surface area contributed by atoms with Crippen LogP contribution in [-0.4, -0.2) is 11.7 Å². The second-order valence-corrected chi connectivity index (χ2v) is 4.16. The van der Waals surface area contributed by atoms with E-state index in [1.807, 2.05) is 38.1 Å². The molecule has 0 saturated carbocycles. The SMILES string of the molecule is C/C=C/COc1c(C)cc(Br)cc1CO. The van der Waals surface area contributed by atoms with E-state index in [4.69, 9.17) is 4.74 Å². The number of halogens is 1. The largest absolute Gasteiger partial charge is 0.489 e. The first-order chi connectivity index (χ1) is 7.19. The molecule has 0 aliphatic carbocycles. The number of hydrogen-bond donors (Lipinski definition) is 1. The molecular formula is C12H15BrO2. The summed E-state index contributed by atoms with van der Waals surface area (Å²) in [6.45, 7) is 4.44. The molecule has 0 aromatic heterocycles. The summed E-state index contributed by atoms with van der Waals surface area (Å²) < 4.78 is 6.55. The van der Waals surface area contributed by atoms with Gasteiger partial charge < -0.3 is 9.84 Å². The van der Waals surface area contributed by atoms with Crippen LogP contribution in [-0.2, 0) is 6.61 Å². The van der Waals surface area contributed by atoms with Crippen molar-refractivity contribution in [1.82, 2.24) is 0 Å². The maximum atomic E-state index is 9.20. The van der Waals surface area contributed by atoms with E-state index < -0.39 is 0 Å². The molecule has 0 amide bonds. The smallest absolute Gasteiger partial charge is 0.128 e. The maximum Gasteiger partial charge on any atom is 0.128 e. The number of hydrogen-bond acceptors (Lipinski definition) is 2. The van der Waals surface area contributed by atoms with E-state index in [0.29, 0.717) is 6.61 Å². The van der Waals surface area contributed by atoms with E-state index >= 15 is 0 Å². The van der Waals surface area contributed by atoms with Crippen LogP contribution >= 0.6 is 15.9 Å². The molecule has 3 heteroatoms. The van der Waals surface area contributed by atoms with Crippen molar-refractivity contribution in [3.63, 3.8) is 0 Å². The highest BCUT2D eigenvalue weighted by molar-refractivity contribution is 9.10. The Bertz CT molecular complexity index is 359. The molecule has 0 heterocycles. The highest BCUT2D eigenvalue weighted by Crippen LogP contribution is 2.28. The average Bonchev–Trinajstić information content (AvgIpc) is 2.20. The van der Waals surface area contributed by atoms with Crippen molar-refractivity contribution in [2.45, 2.75) is 20.5 Å². The average molecular weight is 271 g/mol. The lowest BCUT2D eigenvalue weighted by Gasteiger charge is -2.12. The number of aliphatic hydroxyl groups is 1. The van der Waals surface area contributed by atoms with E-state index in [-0.39, 0.29) is 6.61 Å². The molecule has 2 nitrogen and oxygen atoms in total. The lowest BCUT2D eigenvalue weighted by molar-refractivity contribution is 0.269. The minimum absolute atomic E-state index is 0.00848. The molecule has 82 valence electrons. The molecule has 0 atom stereocenters. The van der Waals surface area contributed by atoms with Gasteiger partial charge >= 0.3 is 0 Å². The van der Waals surface area contributed by atoms with Crippen LogP contribution in [0.3, 0.4) is 0 Å². The second-order valence-electron chi connectivity index (χ2n) is 3.25. The normalized spacial score (nSPS) is 10.9. The molecule has 1 aromatic carbocycles. The van der Waals surface area contributed by atoms with Crippen LogP contribution in [0.5, 0.6) is 5.75 Å². The fourth-order valence-electron chi connectivity index (χ4n) is 1.35. The maximum absolute atomic E-state index is 9.20. The Balaban J connectivity index is 2.93. The zero-order chi connectivity index (χ0) is 11.3. The summed E-state index contributed by atoms with van der Waals surface area (Å²) in [7, 11) is 0. The van der Waals surface area contributed by atoms with Gasteiger partial charge in [-0.2, -0.15) is 0 Å². The predicted molar refractivity (Wildman–Crippen MR) is 65.1 cm³/mol. The molecule has 0 radical (unpaired) electrons. The predicted octanol–water partition coefficient (Wildman–Crippen LogP) is 3.20. The number of allylic oxidation sites excluding steroid dienone is 1. The van der Waals surface area contributed by atoms with Gasteiger partial charge in [-0.05, 0) is 31.5 Å². The Morgan fingerprint density at radius 1 is 1.47 bits per heavy atom. The van der Waals surface area contributed by atoms with Crippen LogP contribution in [0, 0.1) is 6.92 Å². The summed E-state index contributed by atoms with van der Waals surface area (Å²) in [5.41, 5.74) is 1.84. The van der Waals surface area contributed by atoms with Crippen LogP contribution in [0.25, 0.3) is 0 Å². The molecule has 0 aliphatic heterocycles. The molecule has 0 spiro atoms. The van der Waals surface area contributed by atoms with E-state index in [9.17, 15) is 5.11 Å². The number of benzene rings is 1. The Hall–Kier alpha value is -0.800. The Kier molecular flexibility index (Phi) is 4.85. The van der Waals surface area contributed by atoms with Crippen LogP contribution in [0.2, 0.25) is 0 Å². The van der Waals surface area contributed by atoms with Crippen LogP contribution < -0.4 is 4.74 Å². The summed E-state index contributed by atoms with van der Waals surface area (Å²) in [4.78, 5) is 0. The first-order valence-corrected chi connectivity index (χ1v) is 5.62. The third-order valence-corrected chi connectivity index (χ3v) is 2.50. The minimum Gasteiger partial charge on any atom is -0.489 e. The van der Waals surface area contributed by atoms with E-state index in [0.717, 1.165) is 21.3 Å². The van der Waals surface area contributed by atoms with Gasteiger partial charge in [-0.15, -0.1) is 0 Å². The Labute approximate surface area is 98.7 Å². The van der Waals surface area contributed by atoms with Crippen molar-refractivity contribution in [2.24, 2.45) is 0 Å². The summed E-state index contributed by atoms with van der Waals surface area (Å²) in [6.07, 6.45) is 3.87. The van der Waals surface area contributed by atoms with Crippen molar-refractivity contribution < 1.29 is 9.84 Å². The van der Waals surface area contributed by atoms with Crippen LogP contribution in [0.1, 0.15) is 18.1 Å². The van der Waals surface area contributed by atoms with E-state index in [1.165, 1.54) is 0 Å². The summed E-state index contributed by atoms with van der Waals surface area (Å²) in [6, 6.07) is 3.85. The number of rotatable bonds is 4. The van der Waals surface area contributed by atoms with E-state index in [2.05, 4.69) is 15.9 Å². The van der Waals surface area contributed by atoms with Crippen molar-refractivity contribution in [2.75, 3.05) is 6.61 Å². The lowest BCUT2D eigenvalue weighted by Crippen LogP contribution is -2.00. The number of ether oxygens (including phenoxy) is 1. The molecule has 0 saturated heterocycles. The van der Waals surface area contributed by atoms with Crippen molar-refractivity contribution in [3.05, 3.63) is 39.9 Å². The van der Waals surface area contributed by atoms with Gasteiger partial charge in [0.15, 0.2) is 0 Å². The highest BCUT2D eigenvalue weighted by Gasteiger charge is 2.07. The van der Waals surface area contributed by atoms with Crippen molar-refractivity contribution >= 4 is 15.9 Å². The molecule has 0 fully saturated rings. The fraction of sp³-hybridized carbons (Fsp3) is 0.333. The zero-order valence-electron chi connectivity index (χ0n) is 8.96. The summed E-state index contributed by atoms with van der Waals surface area (Å²) in [5, 5.41) is 9.20. The summed E-state index contributed by atoms with van der Waals surface area (Å²) >= 11 is 3.39. The van der Waals surface area contributed by atoms with Gasteiger partial charge in [-0.1, -0.05) is 28.1 Å². The summed E-state index contributed by atoms with van der Waals surface area (Å²) in [5.74, 6) is 0.777. The molecule has 0 aliphatic rings. The zero-order valence-corrected chi connectivity index (χ0v) is 10.5. The van der Waals surface area contributed by atoms with Gasteiger partial charge in [0.25, 0.3) is 0 Å². The van der Waals surface area contributed by atoms with Gasteiger partial charge in [-0.25, -0.2) is 0 Å². The van der Waals surface area contributed by atoms with E-state index in [1.54, 1.807) is 0 Å². The van der Waals surface area contributed by atoms with Gasteiger partial charge in [0.05, 0.1) is 6.61 Å². The van der Waals surface area contributed by atoms with Crippen molar-refractivity contribution in [3.8, 4) is 5.75 Å². The van der Waals surface area contributed by atoms with Gasteiger partial charge in [0, 0.05) is 10.0 Å². The first kappa shape index (κ1) is 12.3. The molecule has 1 N–H and O–H groups in total. The van der Waals surface area contributed by atoms with Gasteiger partial charge in [-0.3, -0.25) is 0 Å². The quantitative estimate of drug-likeness (QED) is 0.852. The molecule has 15 heavy (non-hydrogen) atoms. The van der Waals surface area contributed by atoms with Gasteiger partial charge in [0.1, 0.15) is 12.4 Å². The van der Waals surface area contributed by atoms with Crippen LogP contribution in [0.4, 0.5) is 0 Å². The molecular weight excluding hydrogens is 256 g/mol. The molecule has 0 bridgehead atoms. The standard InChI is InChI=1S/C12H15BrO2/c1-3-4-5-15-12-9(2)6-11(13)7-10(12)8-14/h3-4,6-7,14H,5,8H2,1-2H3/b4-3+. The topological polar surface area (TPSA) is 29.5 Å². The third kappa shape index (κ3) is 3.36. The van der Waals surface area contributed by atoms with Gasteiger partial charge in [0.2, 0.25) is 0 Å². The van der Waals surface area contributed by atoms with Crippen molar-refractivity contribution in [1.29, 1.82) is 0 Å². The minimum atomic E-state index is -0.00848. The lowest BCUT2D eigenvalue weighted by atomic mass is 10.1. The van der Waals surface area contributed by atoms with Crippen LogP contribution in [0.15, 0.2) is 28.8 Å². The second kappa shape index (κ2) is 5.93. The molecule has 1 rings (SSSR count). The highest BCUT2D eigenvalue weighted by atomic mass is 79.9.